The minimum atomic E-state index is 0.615. The predicted octanol–water partition coefficient (Wildman–Crippen LogP) is 6.75. The summed E-state index contributed by atoms with van der Waals surface area (Å²) in [6.45, 7) is 9.07. The Morgan fingerprint density at radius 1 is 0.810 bits per heavy atom. The van der Waals surface area contributed by atoms with E-state index in [2.05, 4.69) is 57.3 Å². The summed E-state index contributed by atoms with van der Waals surface area (Å²) < 4.78 is 0. The highest BCUT2D eigenvalue weighted by molar-refractivity contribution is 5.45. The summed E-state index contributed by atoms with van der Waals surface area (Å²) in [5.74, 6) is 0.615. The van der Waals surface area contributed by atoms with Gasteiger partial charge in [0.15, 0.2) is 0 Å². The number of hydrogen-bond donors (Lipinski definition) is 1. The van der Waals surface area contributed by atoms with Crippen molar-refractivity contribution in [2.45, 2.75) is 91.0 Å². The van der Waals surface area contributed by atoms with Gasteiger partial charge in [-0.3, -0.25) is 0 Å². The van der Waals surface area contributed by atoms with Crippen LogP contribution in [0.3, 0.4) is 0 Å². The Kier molecular flexibility index (Phi) is 9.21. The number of unbranched alkanes of at least 4 members (excludes halogenated alkanes) is 4. The topological polar surface area (TPSA) is 12.0 Å². The molecule has 0 aliphatic carbocycles. The summed E-state index contributed by atoms with van der Waals surface area (Å²) >= 11 is 0. The van der Waals surface area contributed by atoms with Crippen molar-refractivity contribution < 1.29 is 0 Å². The first-order valence-corrected chi connectivity index (χ1v) is 9.03. The Labute approximate surface area is 132 Å². The molecule has 0 fully saturated rings. The van der Waals surface area contributed by atoms with Crippen molar-refractivity contribution in [3.05, 3.63) is 29.8 Å². The molecule has 0 unspecified atom stereocenters. The molecule has 0 aliphatic rings. The Hall–Kier alpha value is -0.980. The lowest BCUT2D eigenvalue weighted by molar-refractivity contribution is 0.526. The van der Waals surface area contributed by atoms with E-state index in [-0.39, 0.29) is 0 Å². The van der Waals surface area contributed by atoms with Gasteiger partial charge in [0, 0.05) is 11.7 Å². The fourth-order valence-corrected chi connectivity index (χ4v) is 2.77. The van der Waals surface area contributed by atoms with Crippen molar-refractivity contribution in [3.63, 3.8) is 0 Å². The molecule has 0 saturated carbocycles. The Morgan fingerprint density at radius 3 is 1.76 bits per heavy atom. The standard InChI is InChI=1S/C20H35N/c1-5-7-9-11-19(12-10-8-6-2)21-20-15-13-18(14-16-20)17(3)4/h13-17,19,21H,5-12H2,1-4H3. The van der Waals surface area contributed by atoms with Crippen LogP contribution >= 0.6 is 0 Å². The first-order chi connectivity index (χ1) is 10.2. The number of hydrogen-bond acceptors (Lipinski definition) is 1. The molecule has 120 valence electrons. The van der Waals surface area contributed by atoms with Crippen LogP contribution in [0.2, 0.25) is 0 Å². The lowest BCUT2D eigenvalue weighted by Gasteiger charge is -2.20. The highest BCUT2D eigenvalue weighted by atomic mass is 14.9. The molecule has 0 saturated heterocycles. The van der Waals surface area contributed by atoms with Crippen molar-refractivity contribution in [1.29, 1.82) is 0 Å². The molecule has 0 atom stereocenters. The van der Waals surface area contributed by atoms with Crippen LogP contribution in [0.1, 0.15) is 90.5 Å². The zero-order valence-electron chi connectivity index (χ0n) is 14.6. The summed E-state index contributed by atoms with van der Waals surface area (Å²) in [4.78, 5) is 0. The second-order valence-electron chi connectivity index (χ2n) is 6.61. The van der Waals surface area contributed by atoms with E-state index in [0.29, 0.717) is 12.0 Å². The molecule has 0 amide bonds. The minimum absolute atomic E-state index is 0.615. The molecule has 0 spiro atoms. The molecule has 21 heavy (non-hydrogen) atoms. The van der Waals surface area contributed by atoms with Crippen LogP contribution in [0.5, 0.6) is 0 Å². The van der Waals surface area contributed by atoms with Crippen LogP contribution in [-0.4, -0.2) is 6.04 Å². The fourth-order valence-electron chi connectivity index (χ4n) is 2.77. The lowest BCUT2D eigenvalue weighted by Crippen LogP contribution is -2.19. The third-order valence-corrected chi connectivity index (χ3v) is 4.26. The van der Waals surface area contributed by atoms with Crippen LogP contribution in [0.25, 0.3) is 0 Å². The molecule has 1 aromatic carbocycles. The number of rotatable bonds is 11. The molecule has 1 rings (SSSR count). The Bertz CT molecular complexity index is 343. The normalized spacial score (nSPS) is 11.3. The van der Waals surface area contributed by atoms with E-state index >= 15 is 0 Å². The zero-order chi connectivity index (χ0) is 15.5. The maximum atomic E-state index is 3.76. The Balaban J connectivity index is 2.52. The molecular formula is C20H35N. The molecule has 0 bridgehead atoms. The second-order valence-corrected chi connectivity index (χ2v) is 6.61. The van der Waals surface area contributed by atoms with Gasteiger partial charge in [-0.25, -0.2) is 0 Å². The molecule has 1 aromatic rings. The van der Waals surface area contributed by atoms with Crippen LogP contribution in [0.15, 0.2) is 24.3 Å². The average Bonchev–Trinajstić information content (AvgIpc) is 2.48. The van der Waals surface area contributed by atoms with Gasteiger partial charge in [0.2, 0.25) is 0 Å². The van der Waals surface area contributed by atoms with E-state index in [9.17, 15) is 0 Å². The fraction of sp³-hybridized carbons (Fsp3) is 0.700. The number of anilines is 1. The van der Waals surface area contributed by atoms with E-state index in [1.807, 2.05) is 0 Å². The average molecular weight is 290 g/mol. The highest BCUT2D eigenvalue weighted by Crippen LogP contribution is 2.20. The Morgan fingerprint density at radius 2 is 1.33 bits per heavy atom. The van der Waals surface area contributed by atoms with E-state index in [1.165, 1.54) is 62.6 Å². The van der Waals surface area contributed by atoms with Gasteiger partial charge in [-0.1, -0.05) is 78.4 Å². The van der Waals surface area contributed by atoms with Crippen molar-refractivity contribution in [1.82, 2.24) is 0 Å². The van der Waals surface area contributed by atoms with Gasteiger partial charge < -0.3 is 5.32 Å². The lowest BCUT2D eigenvalue weighted by atomic mass is 10.0. The smallest absolute Gasteiger partial charge is 0.0342 e. The van der Waals surface area contributed by atoms with Crippen LogP contribution in [0, 0.1) is 0 Å². The third-order valence-electron chi connectivity index (χ3n) is 4.26. The molecule has 0 heterocycles. The van der Waals surface area contributed by atoms with Crippen molar-refractivity contribution in [3.8, 4) is 0 Å². The van der Waals surface area contributed by atoms with E-state index < -0.39 is 0 Å². The van der Waals surface area contributed by atoms with Crippen molar-refractivity contribution >= 4 is 5.69 Å². The number of nitrogens with one attached hydrogen (secondary N) is 1. The molecule has 1 nitrogen and oxygen atoms in total. The van der Waals surface area contributed by atoms with Crippen LogP contribution in [-0.2, 0) is 0 Å². The molecular weight excluding hydrogens is 254 g/mol. The second kappa shape index (κ2) is 10.7. The van der Waals surface area contributed by atoms with Crippen molar-refractivity contribution in [2.24, 2.45) is 0 Å². The first-order valence-electron chi connectivity index (χ1n) is 9.03. The quantitative estimate of drug-likeness (QED) is 0.444. The highest BCUT2D eigenvalue weighted by Gasteiger charge is 2.08. The van der Waals surface area contributed by atoms with E-state index in [0.717, 1.165) is 0 Å². The van der Waals surface area contributed by atoms with Gasteiger partial charge >= 0.3 is 0 Å². The zero-order valence-corrected chi connectivity index (χ0v) is 14.6. The van der Waals surface area contributed by atoms with Gasteiger partial charge in [0.25, 0.3) is 0 Å². The van der Waals surface area contributed by atoms with Crippen molar-refractivity contribution in [2.75, 3.05) is 5.32 Å². The number of benzene rings is 1. The maximum Gasteiger partial charge on any atom is 0.0342 e. The van der Waals surface area contributed by atoms with Crippen LogP contribution in [0.4, 0.5) is 5.69 Å². The molecule has 1 N–H and O–H groups in total. The predicted molar refractivity (Wildman–Crippen MR) is 96.2 cm³/mol. The maximum absolute atomic E-state index is 3.76. The van der Waals surface area contributed by atoms with E-state index in [4.69, 9.17) is 0 Å². The monoisotopic (exact) mass is 289 g/mol. The van der Waals surface area contributed by atoms with Gasteiger partial charge in [-0.15, -0.1) is 0 Å². The summed E-state index contributed by atoms with van der Waals surface area (Å²) in [7, 11) is 0. The van der Waals surface area contributed by atoms with E-state index in [1.54, 1.807) is 0 Å². The summed E-state index contributed by atoms with van der Waals surface area (Å²) in [6, 6.07) is 9.68. The van der Waals surface area contributed by atoms with Gasteiger partial charge in [-0.05, 0) is 36.5 Å². The molecule has 0 radical (unpaired) electrons. The molecule has 0 aliphatic heterocycles. The summed E-state index contributed by atoms with van der Waals surface area (Å²) in [5, 5.41) is 3.76. The minimum Gasteiger partial charge on any atom is -0.382 e. The third kappa shape index (κ3) is 7.55. The summed E-state index contributed by atoms with van der Waals surface area (Å²) in [5.41, 5.74) is 2.71. The van der Waals surface area contributed by atoms with Gasteiger partial charge in [0.1, 0.15) is 0 Å². The summed E-state index contributed by atoms with van der Waals surface area (Å²) in [6.07, 6.45) is 10.7. The first kappa shape index (κ1) is 18.1. The van der Waals surface area contributed by atoms with Gasteiger partial charge in [-0.2, -0.15) is 0 Å². The van der Waals surface area contributed by atoms with Crippen LogP contribution < -0.4 is 5.32 Å². The largest absolute Gasteiger partial charge is 0.382 e. The molecule has 1 heteroatoms. The SMILES string of the molecule is CCCCCC(CCCCC)Nc1ccc(C(C)C)cc1. The van der Waals surface area contributed by atoms with Gasteiger partial charge in [0.05, 0.1) is 0 Å². The molecule has 0 aromatic heterocycles.